The Bertz CT molecular complexity index is 498. The Morgan fingerprint density at radius 1 is 1.47 bits per heavy atom. The van der Waals surface area contributed by atoms with Gasteiger partial charge in [0.25, 0.3) is 5.91 Å². The molecular formula is C11H11FN4O. The van der Waals surface area contributed by atoms with Crippen LogP contribution in [0.3, 0.4) is 0 Å². The van der Waals surface area contributed by atoms with Crippen LogP contribution in [-0.4, -0.2) is 27.4 Å². The molecule has 2 aromatic rings. The van der Waals surface area contributed by atoms with Crippen molar-refractivity contribution in [2.45, 2.75) is 6.42 Å². The van der Waals surface area contributed by atoms with Gasteiger partial charge in [0.05, 0.1) is 11.8 Å². The Morgan fingerprint density at radius 3 is 3.06 bits per heavy atom. The molecule has 0 atom stereocenters. The van der Waals surface area contributed by atoms with Crippen LogP contribution in [0.5, 0.6) is 0 Å². The molecule has 88 valence electrons. The predicted molar refractivity (Wildman–Crippen MR) is 58.8 cm³/mol. The molecule has 5 nitrogen and oxygen atoms in total. The van der Waals surface area contributed by atoms with Crippen LogP contribution in [0, 0.1) is 5.82 Å². The number of H-pyrrole nitrogens is 1. The summed E-state index contributed by atoms with van der Waals surface area (Å²) in [6.07, 6.45) is 6.34. The highest BCUT2D eigenvalue weighted by molar-refractivity contribution is 5.93. The van der Waals surface area contributed by atoms with Crippen molar-refractivity contribution in [3.8, 4) is 0 Å². The van der Waals surface area contributed by atoms with Gasteiger partial charge >= 0.3 is 0 Å². The van der Waals surface area contributed by atoms with E-state index in [1.165, 1.54) is 6.20 Å². The quantitative estimate of drug-likeness (QED) is 0.826. The van der Waals surface area contributed by atoms with Crippen LogP contribution in [0.1, 0.15) is 16.2 Å². The van der Waals surface area contributed by atoms with E-state index in [9.17, 15) is 9.18 Å². The van der Waals surface area contributed by atoms with Crippen molar-refractivity contribution in [3.05, 3.63) is 48.1 Å². The molecule has 2 rings (SSSR count). The normalized spacial score (nSPS) is 10.2. The first-order chi connectivity index (χ1) is 8.25. The minimum absolute atomic E-state index is 0.212. The van der Waals surface area contributed by atoms with Crippen LogP contribution < -0.4 is 5.32 Å². The van der Waals surface area contributed by atoms with Crippen LogP contribution in [0.15, 0.2) is 30.9 Å². The maximum atomic E-state index is 12.8. The molecule has 0 saturated carbocycles. The molecule has 0 radical (unpaired) electrons. The van der Waals surface area contributed by atoms with E-state index < -0.39 is 5.82 Å². The number of carbonyl (C=O) groups excluding carboxylic acids is 1. The van der Waals surface area contributed by atoms with E-state index in [0.29, 0.717) is 13.0 Å². The monoisotopic (exact) mass is 234 g/mol. The maximum absolute atomic E-state index is 12.8. The van der Waals surface area contributed by atoms with Gasteiger partial charge in [-0.1, -0.05) is 0 Å². The van der Waals surface area contributed by atoms with Crippen molar-refractivity contribution < 1.29 is 9.18 Å². The van der Waals surface area contributed by atoms with Crippen molar-refractivity contribution >= 4 is 5.91 Å². The van der Waals surface area contributed by atoms with E-state index >= 15 is 0 Å². The van der Waals surface area contributed by atoms with E-state index in [-0.39, 0.29) is 11.5 Å². The highest BCUT2D eigenvalue weighted by Crippen LogP contribution is 2.00. The molecule has 0 spiro atoms. The first-order valence-corrected chi connectivity index (χ1v) is 5.13. The van der Waals surface area contributed by atoms with Crippen LogP contribution in [0.4, 0.5) is 4.39 Å². The minimum atomic E-state index is -0.524. The third kappa shape index (κ3) is 3.10. The second-order valence-corrected chi connectivity index (χ2v) is 3.43. The zero-order valence-electron chi connectivity index (χ0n) is 8.98. The molecule has 1 amide bonds. The lowest BCUT2D eigenvalue weighted by Crippen LogP contribution is -2.26. The lowest BCUT2D eigenvalue weighted by molar-refractivity contribution is 0.0953. The molecule has 17 heavy (non-hydrogen) atoms. The number of imidazole rings is 1. The fraction of sp³-hybridized carbons (Fsp3) is 0.182. The number of hydrogen-bond acceptors (Lipinski definition) is 3. The smallest absolute Gasteiger partial charge is 0.252 e. The third-order valence-electron chi connectivity index (χ3n) is 2.17. The third-order valence-corrected chi connectivity index (χ3v) is 2.17. The molecule has 2 aromatic heterocycles. The van der Waals surface area contributed by atoms with Gasteiger partial charge in [0.15, 0.2) is 0 Å². The zero-order chi connectivity index (χ0) is 12.1. The number of nitrogens with zero attached hydrogens (tertiary/aromatic N) is 2. The second kappa shape index (κ2) is 5.20. The number of rotatable bonds is 4. The summed E-state index contributed by atoms with van der Waals surface area (Å²) in [6, 6.07) is 1.15. The molecule has 0 aliphatic rings. The highest BCUT2D eigenvalue weighted by Gasteiger charge is 2.06. The summed E-state index contributed by atoms with van der Waals surface area (Å²) in [5, 5.41) is 2.66. The number of aromatic amines is 1. The standard InChI is InChI=1S/C11H11FN4O/c12-9-5-8(6-13-7-9)11(17)16-2-1-10-14-3-4-15-10/h3-7H,1-2H2,(H,14,15)(H,16,17). The number of aromatic nitrogens is 3. The lowest BCUT2D eigenvalue weighted by Gasteiger charge is -2.03. The molecular weight excluding hydrogens is 223 g/mol. The summed E-state index contributed by atoms with van der Waals surface area (Å²) in [4.78, 5) is 22.1. The fourth-order valence-corrected chi connectivity index (χ4v) is 1.37. The van der Waals surface area contributed by atoms with Gasteiger partial charge in [-0.2, -0.15) is 0 Å². The first kappa shape index (κ1) is 11.3. The highest BCUT2D eigenvalue weighted by atomic mass is 19.1. The number of halogens is 1. The number of carbonyl (C=O) groups is 1. The lowest BCUT2D eigenvalue weighted by atomic mass is 10.2. The van der Waals surface area contributed by atoms with E-state index in [1.54, 1.807) is 12.4 Å². The summed E-state index contributed by atoms with van der Waals surface area (Å²) >= 11 is 0. The molecule has 0 bridgehead atoms. The topological polar surface area (TPSA) is 70.7 Å². The van der Waals surface area contributed by atoms with Crippen molar-refractivity contribution in [1.82, 2.24) is 20.3 Å². The number of amides is 1. The van der Waals surface area contributed by atoms with Crippen LogP contribution in [0.2, 0.25) is 0 Å². The molecule has 0 unspecified atom stereocenters. The van der Waals surface area contributed by atoms with E-state index in [2.05, 4.69) is 20.3 Å². The first-order valence-electron chi connectivity index (χ1n) is 5.13. The Hall–Kier alpha value is -2.24. The average molecular weight is 234 g/mol. The Morgan fingerprint density at radius 2 is 2.35 bits per heavy atom. The summed E-state index contributed by atoms with van der Waals surface area (Å²) in [6.45, 7) is 0.433. The summed E-state index contributed by atoms with van der Waals surface area (Å²) in [7, 11) is 0. The van der Waals surface area contributed by atoms with Crippen molar-refractivity contribution in [2.24, 2.45) is 0 Å². The average Bonchev–Trinajstić information content (AvgIpc) is 2.82. The molecule has 0 aromatic carbocycles. The van der Waals surface area contributed by atoms with E-state index in [1.807, 2.05) is 0 Å². The number of pyridine rings is 1. The minimum Gasteiger partial charge on any atom is -0.352 e. The van der Waals surface area contributed by atoms with Crippen molar-refractivity contribution in [1.29, 1.82) is 0 Å². The largest absolute Gasteiger partial charge is 0.352 e. The molecule has 0 aliphatic carbocycles. The molecule has 2 heterocycles. The number of hydrogen-bond donors (Lipinski definition) is 2. The summed E-state index contributed by atoms with van der Waals surface area (Å²) in [5.74, 6) is -0.0742. The SMILES string of the molecule is O=C(NCCc1ncc[nH]1)c1cncc(F)c1. The van der Waals surface area contributed by atoms with Gasteiger partial charge in [-0.05, 0) is 6.07 Å². The molecule has 0 fully saturated rings. The van der Waals surface area contributed by atoms with Crippen LogP contribution >= 0.6 is 0 Å². The van der Waals surface area contributed by atoms with E-state index in [4.69, 9.17) is 0 Å². The summed E-state index contributed by atoms with van der Waals surface area (Å²) < 4.78 is 12.8. The predicted octanol–water partition coefficient (Wildman–Crippen LogP) is 0.916. The van der Waals surface area contributed by atoms with Crippen molar-refractivity contribution in [3.63, 3.8) is 0 Å². The maximum Gasteiger partial charge on any atom is 0.252 e. The Balaban J connectivity index is 1.85. The van der Waals surface area contributed by atoms with Crippen molar-refractivity contribution in [2.75, 3.05) is 6.54 Å². The van der Waals surface area contributed by atoms with Crippen LogP contribution in [0.25, 0.3) is 0 Å². The molecule has 0 saturated heterocycles. The number of nitrogens with one attached hydrogen (secondary N) is 2. The van der Waals surface area contributed by atoms with Gasteiger partial charge in [-0.15, -0.1) is 0 Å². The van der Waals surface area contributed by atoms with Gasteiger partial charge < -0.3 is 10.3 Å². The van der Waals surface area contributed by atoms with E-state index in [0.717, 1.165) is 18.1 Å². The van der Waals surface area contributed by atoms with Gasteiger partial charge in [0.2, 0.25) is 0 Å². The van der Waals surface area contributed by atoms with Gasteiger partial charge in [0.1, 0.15) is 11.6 Å². The molecule has 6 heteroatoms. The fourth-order valence-electron chi connectivity index (χ4n) is 1.37. The van der Waals surface area contributed by atoms with Gasteiger partial charge in [0, 0.05) is 31.6 Å². The zero-order valence-corrected chi connectivity index (χ0v) is 8.98. The second-order valence-electron chi connectivity index (χ2n) is 3.43. The van der Waals surface area contributed by atoms with Crippen LogP contribution in [-0.2, 0) is 6.42 Å². The Labute approximate surface area is 97.1 Å². The Kier molecular flexibility index (Phi) is 3.44. The molecule has 2 N–H and O–H groups in total. The van der Waals surface area contributed by atoms with Gasteiger partial charge in [-0.3, -0.25) is 9.78 Å². The van der Waals surface area contributed by atoms with Gasteiger partial charge in [-0.25, -0.2) is 9.37 Å². The summed E-state index contributed by atoms with van der Waals surface area (Å²) in [5.41, 5.74) is 0.212. The molecule has 0 aliphatic heterocycles.